The smallest absolute Gasteiger partial charge is 0.273 e. The second-order valence-corrected chi connectivity index (χ2v) is 6.61. The predicted octanol–water partition coefficient (Wildman–Crippen LogP) is 2.85. The summed E-state index contributed by atoms with van der Waals surface area (Å²) >= 11 is 1.52. The van der Waals surface area contributed by atoms with E-state index >= 15 is 0 Å². The molecule has 4 nitrogen and oxygen atoms in total. The number of carbonyl (C=O) groups is 1. The van der Waals surface area contributed by atoms with Crippen LogP contribution in [-0.4, -0.2) is 35.4 Å². The molecule has 0 atom stereocenters. The average Bonchev–Trinajstić information content (AvgIpc) is 2.96. The molecule has 0 aliphatic heterocycles. The lowest BCUT2D eigenvalue weighted by atomic mass is 9.89. The third kappa shape index (κ3) is 4.64. The summed E-state index contributed by atoms with van der Waals surface area (Å²) in [4.78, 5) is 18.9. The van der Waals surface area contributed by atoms with Crippen LogP contribution in [-0.2, 0) is 6.42 Å². The number of rotatable bonds is 7. The van der Waals surface area contributed by atoms with E-state index in [4.69, 9.17) is 5.73 Å². The first-order chi connectivity index (χ1) is 10.2. The van der Waals surface area contributed by atoms with Crippen molar-refractivity contribution in [3.05, 3.63) is 28.7 Å². The van der Waals surface area contributed by atoms with Gasteiger partial charge in [0.2, 0.25) is 0 Å². The normalized spacial score (nSPS) is 15.9. The molecule has 5 heteroatoms. The van der Waals surface area contributed by atoms with Gasteiger partial charge in [0, 0.05) is 24.9 Å². The Morgan fingerprint density at radius 3 is 2.90 bits per heavy atom. The topological polar surface area (TPSA) is 59.2 Å². The summed E-state index contributed by atoms with van der Waals surface area (Å²) in [6.07, 6.45) is 8.92. The number of aromatic nitrogens is 1. The molecule has 1 aromatic rings. The highest BCUT2D eigenvalue weighted by molar-refractivity contribution is 7.09. The molecule has 0 spiro atoms. The Bertz CT molecular complexity index is 466. The van der Waals surface area contributed by atoms with Crippen molar-refractivity contribution in [3.8, 4) is 0 Å². The highest BCUT2D eigenvalue weighted by Crippen LogP contribution is 2.25. The van der Waals surface area contributed by atoms with E-state index in [0.29, 0.717) is 24.7 Å². The molecule has 0 bridgehead atoms. The van der Waals surface area contributed by atoms with Gasteiger partial charge in [0.25, 0.3) is 5.91 Å². The van der Waals surface area contributed by atoms with Gasteiger partial charge in [0.15, 0.2) is 0 Å². The molecule has 0 unspecified atom stereocenters. The molecule has 1 saturated carbocycles. The first-order valence-corrected chi connectivity index (χ1v) is 8.67. The number of hydrogen-bond donors (Lipinski definition) is 1. The molecule has 1 heterocycles. The van der Waals surface area contributed by atoms with Gasteiger partial charge in [-0.2, -0.15) is 0 Å². The van der Waals surface area contributed by atoms with Crippen LogP contribution in [0.3, 0.4) is 0 Å². The van der Waals surface area contributed by atoms with Gasteiger partial charge >= 0.3 is 0 Å². The van der Waals surface area contributed by atoms with Crippen molar-refractivity contribution in [2.24, 2.45) is 11.7 Å². The van der Waals surface area contributed by atoms with Crippen LogP contribution >= 0.6 is 11.3 Å². The quantitative estimate of drug-likeness (QED) is 0.788. The molecule has 0 aromatic carbocycles. The average molecular weight is 307 g/mol. The molecule has 1 amide bonds. The van der Waals surface area contributed by atoms with E-state index in [1.54, 1.807) is 6.08 Å². The van der Waals surface area contributed by atoms with Crippen molar-refractivity contribution in [1.82, 2.24) is 9.88 Å². The van der Waals surface area contributed by atoms with Crippen molar-refractivity contribution in [3.63, 3.8) is 0 Å². The second kappa shape index (κ2) is 8.29. The maximum absolute atomic E-state index is 12.6. The van der Waals surface area contributed by atoms with E-state index in [9.17, 15) is 4.79 Å². The standard InChI is InChI=1S/C16H25N3OS/c1-2-10-19(11-13-6-4-3-5-7-13)16(20)14-12-21-15(18-14)8-9-17/h2,12-13H,1,3-11,17H2. The van der Waals surface area contributed by atoms with Crippen LogP contribution in [0.4, 0.5) is 0 Å². The van der Waals surface area contributed by atoms with Gasteiger partial charge < -0.3 is 10.6 Å². The Labute approximate surface area is 131 Å². The Hall–Kier alpha value is -1.20. The van der Waals surface area contributed by atoms with E-state index in [1.807, 2.05) is 10.3 Å². The van der Waals surface area contributed by atoms with Crippen molar-refractivity contribution in [2.75, 3.05) is 19.6 Å². The zero-order chi connectivity index (χ0) is 15.1. The van der Waals surface area contributed by atoms with Crippen LogP contribution in [0.1, 0.15) is 47.6 Å². The lowest BCUT2D eigenvalue weighted by Gasteiger charge is -2.28. The summed E-state index contributed by atoms with van der Waals surface area (Å²) in [5.41, 5.74) is 6.09. The highest BCUT2D eigenvalue weighted by Gasteiger charge is 2.22. The number of hydrogen-bond acceptors (Lipinski definition) is 4. The van der Waals surface area contributed by atoms with Crippen LogP contribution in [0, 0.1) is 5.92 Å². The molecule has 1 fully saturated rings. The maximum Gasteiger partial charge on any atom is 0.273 e. The number of amides is 1. The van der Waals surface area contributed by atoms with Crippen LogP contribution < -0.4 is 5.73 Å². The molecule has 1 aliphatic rings. The monoisotopic (exact) mass is 307 g/mol. The van der Waals surface area contributed by atoms with Gasteiger partial charge in [-0.05, 0) is 25.3 Å². The van der Waals surface area contributed by atoms with Gasteiger partial charge in [0.1, 0.15) is 5.69 Å². The molecule has 2 rings (SSSR count). The summed E-state index contributed by atoms with van der Waals surface area (Å²) in [5.74, 6) is 0.657. The molecular formula is C16H25N3OS. The lowest BCUT2D eigenvalue weighted by molar-refractivity contribution is 0.0730. The van der Waals surface area contributed by atoms with Gasteiger partial charge in [0.05, 0.1) is 5.01 Å². The first-order valence-electron chi connectivity index (χ1n) is 7.79. The number of thiazole rings is 1. The largest absolute Gasteiger partial charge is 0.333 e. The summed E-state index contributed by atoms with van der Waals surface area (Å²) in [6.45, 7) is 5.77. The van der Waals surface area contributed by atoms with Gasteiger partial charge in [-0.25, -0.2) is 4.98 Å². The third-order valence-corrected chi connectivity index (χ3v) is 4.88. The Balaban J connectivity index is 2.01. The van der Waals surface area contributed by atoms with E-state index in [1.165, 1.54) is 43.4 Å². The van der Waals surface area contributed by atoms with Crippen molar-refractivity contribution in [2.45, 2.75) is 38.5 Å². The fourth-order valence-corrected chi connectivity index (χ4v) is 3.67. The number of carbonyl (C=O) groups excluding carboxylic acids is 1. The molecule has 116 valence electrons. The van der Waals surface area contributed by atoms with Gasteiger partial charge in [-0.15, -0.1) is 17.9 Å². The molecule has 1 aromatic heterocycles. The highest BCUT2D eigenvalue weighted by atomic mass is 32.1. The maximum atomic E-state index is 12.6. The number of nitrogens with zero attached hydrogens (tertiary/aromatic N) is 2. The van der Waals surface area contributed by atoms with Crippen LogP contribution in [0.25, 0.3) is 0 Å². The zero-order valence-electron chi connectivity index (χ0n) is 12.6. The van der Waals surface area contributed by atoms with Gasteiger partial charge in [-0.1, -0.05) is 25.3 Å². The summed E-state index contributed by atoms with van der Waals surface area (Å²) < 4.78 is 0. The number of nitrogens with two attached hydrogens (primary N) is 1. The molecular weight excluding hydrogens is 282 g/mol. The van der Waals surface area contributed by atoms with Crippen molar-refractivity contribution in [1.29, 1.82) is 0 Å². The minimum atomic E-state index is 0.0278. The summed E-state index contributed by atoms with van der Waals surface area (Å²) in [7, 11) is 0. The Morgan fingerprint density at radius 2 is 2.24 bits per heavy atom. The van der Waals surface area contributed by atoms with E-state index in [0.717, 1.165) is 18.0 Å². The fourth-order valence-electron chi connectivity index (χ4n) is 2.89. The minimum Gasteiger partial charge on any atom is -0.333 e. The molecule has 0 radical (unpaired) electrons. The predicted molar refractivity (Wildman–Crippen MR) is 87.5 cm³/mol. The van der Waals surface area contributed by atoms with Crippen LogP contribution in [0.2, 0.25) is 0 Å². The molecule has 1 aliphatic carbocycles. The lowest BCUT2D eigenvalue weighted by Crippen LogP contribution is -2.36. The molecule has 21 heavy (non-hydrogen) atoms. The molecule has 2 N–H and O–H groups in total. The zero-order valence-corrected chi connectivity index (χ0v) is 13.4. The minimum absolute atomic E-state index is 0.0278. The molecule has 0 saturated heterocycles. The fraction of sp³-hybridized carbons (Fsp3) is 0.625. The van der Waals surface area contributed by atoms with Crippen LogP contribution in [0.5, 0.6) is 0 Å². The summed E-state index contributed by atoms with van der Waals surface area (Å²) in [5, 5.41) is 2.79. The van der Waals surface area contributed by atoms with Crippen molar-refractivity contribution < 1.29 is 4.79 Å². The van der Waals surface area contributed by atoms with Gasteiger partial charge in [-0.3, -0.25) is 4.79 Å². The SMILES string of the molecule is C=CCN(CC1CCCCC1)C(=O)c1csc(CCN)n1. The van der Waals surface area contributed by atoms with E-state index < -0.39 is 0 Å². The van der Waals surface area contributed by atoms with Crippen LogP contribution in [0.15, 0.2) is 18.0 Å². The van der Waals surface area contributed by atoms with Crippen molar-refractivity contribution >= 4 is 17.2 Å². The third-order valence-electron chi connectivity index (χ3n) is 3.97. The first kappa shape index (κ1) is 16.2. The second-order valence-electron chi connectivity index (χ2n) is 5.67. The Kier molecular flexibility index (Phi) is 6.39. The Morgan fingerprint density at radius 1 is 1.48 bits per heavy atom. The summed E-state index contributed by atoms with van der Waals surface area (Å²) in [6, 6.07) is 0. The van der Waals surface area contributed by atoms with E-state index in [-0.39, 0.29) is 5.91 Å². The van der Waals surface area contributed by atoms with E-state index in [2.05, 4.69) is 11.6 Å².